The SMILES string of the molecule is Cc1cc(C)nc(N2CCCC(NC(=O)c3ccncn3)C2)n1. The van der Waals surface area contributed by atoms with Gasteiger partial charge in [-0.2, -0.15) is 0 Å². The molecule has 1 atom stereocenters. The molecule has 2 aromatic rings. The number of anilines is 1. The number of aromatic nitrogens is 4. The van der Waals surface area contributed by atoms with Crippen molar-refractivity contribution in [1.29, 1.82) is 0 Å². The Morgan fingerprint density at radius 1 is 1.30 bits per heavy atom. The van der Waals surface area contributed by atoms with Crippen LogP contribution in [-0.4, -0.2) is 45.0 Å². The van der Waals surface area contributed by atoms with Gasteiger partial charge < -0.3 is 10.2 Å². The van der Waals surface area contributed by atoms with Crippen molar-refractivity contribution in [2.75, 3.05) is 18.0 Å². The van der Waals surface area contributed by atoms with Crippen molar-refractivity contribution < 1.29 is 4.79 Å². The summed E-state index contributed by atoms with van der Waals surface area (Å²) < 4.78 is 0. The van der Waals surface area contributed by atoms with E-state index in [9.17, 15) is 4.79 Å². The largest absolute Gasteiger partial charge is 0.346 e. The molecule has 2 aromatic heterocycles. The highest BCUT2D eigenvalue weighted by atomic mass is 16.1. The topological polar surface area (TPSA) is 83.9 Å². The number of piperidine rings is 1. The first-order chi connectivity index (χ1) is 11.1. The van der Waals surface area contributed by atoms with Crippen molar-refractivity contribution in [3.05, 3.63) is 41.7 Å². The Morgan fingerprint density at radius 2 is 2.09 bits per heavy atom. The molecule has 3 rings (SSSR count). The minimum atomic E-state index is -0.166. The molecule has 7 heteroatoms. The maximum absolute atomic E-state index is 12.2. The summed E-state index contributed by atoms with van der Waals surface area (Å²) in [6.45, 7) is 5.55. The summed E-state index contributed by atoms with van der Waals surface area (Å²) >= 11 is 0. The molecule has 0 saturated carbocycles. The van der Waals surface area contributed by atoms with Gasteiger partial charge in [-0.1, -0.05) is 0 Å². The molecule has 0 aliphatic carbocycles. The second kappa shape index (κ2) is 6.68. The minimum absolute atomic E-state index is 0.0654. The van der Waals surface area contributed by atoms with Gasteiger partial charge in [0.05, 0.1) is 0 Å². The van der Waals surface area contributed by atoms with Crippen molar-refractivity contribution >= 4 is 11.9 Å². The van der Waals surface area contributed by atoms with E-state index in [2.05, 4.69) is 30.2 Å². The molecule has 1 saturated heterocycles. The van der Waals surface area contributed by atoms with E-state index in [1.54, 1.807) is 12.3 Å². The van der Waals surface area contributed by atoms with E-state index in [0.717, 1.165) is 36.7 Å². The number of carbonyl (C=O) groups is 1. The van der Waals surface area contributed by atoms with E-state index < -0.39 is 0 Å². The predicted molar refractivity (Wildman–Crippen MR) is 86.2 cm³/mol. The lowest BCUT2D eigenvalue weighted by Crippen LogP contribution is -2.48. The summed E-state index contributed by atoms with van der Waals surface area (Å²) in [6, 6.07) is 3.64. The van der Waals surface area contributed by atoms with E-state index in [1.165, 1.54) is 6.33 Å². The zero-order valence-electron chi connectivity index (χ0n) is 13.4. The lowest BCUT2D eigenvalue weighted by atomic mass is 10.1. The molecule has 23 heavy (non-hydrogen) atoms. The van der Waals surface area contributed by atoms with Crippen LogP contribution < -0.4 is 10.2 Å². The predicted octanol–water partition coefficient (Wildman–Crippen LogP) is 1.28. The summed E-state index contributed by atoms with van der Waals surface area (Å²) in [4.78, 5) is 31.2. The van der Waals surface area contributed by atoms with Crippen LogP contribution in [0.15, 0.2) is 24.7 Å². The summed E-state index contributed by atoms with van der Waals surface area (Å²) in [5, 5.41) is 3.04. The fourth-order valence-electron chi connectivity index (χ4n) is 2.81. The third kappa shape index (κ3) is 3.80. The van der Waals surface area contributed by atoms with Gasteiger partial charge in [-0.15, -0.1) is 0 Å². The summed E-state index contributed by atoms with van der Waals surface area (Å²) in [6.07, 6.45) is 4.88. The smallest absolute Gasteiger partial charge is 0.270 e. The van der Waals surface area contributed by atoms with Crippen LogP contribution in [0.3, 0.4) is 0 Å². The molecule has 0 radical (unpaired) electrons. The Balaban J connectivity index is 1.67. The van der Waals surface area contributed by atoms with Crippen molar-refractivity contribution in [3.8, 4) is 0 Å². The molecule has 1 aliphatic rings. The first-order valence-corrected chi connectivity index (χ1v) is 7.76. The van der Waals surface area contributed by atoms with Crippen molar-refractivity contribution in [1.82, 2.24) is 25.3 Å². The minimum Gasteiger partial charge on any atom is -0.346 e. The highest BCUT2D eigenvalue weighted by molar-refractivity contribution is 5.92. The Labute approximate surface area is 135 Å². The van der Waals surface area contributed by atoms with Crippen molar-refractivity contribution in [2.24, 2.45) is 0 Å². The number of aryl methyl sites for hydroxylation is 2. The molecule has 1 N–H and O–H groups in total. The third-order valence-corrected chi connectivity index (χ3v) is 3.82. The van der Waals surface area contributed by atoms with Gasteiger partial charge in [-0.3, -0.25) is 4.79 Å². The first kappa shape index (κ1) is 15.3. The number of amides is 1. The van der Waals surface area contributed by atoms with Crippen LogP contribution in [0.25, 0.3) is 0 Å². The van der Waals surface area contributed by atoms with Gasteiger partial charge >= 0.3 is 0 Å². The second-order valence-corrected chi connectivity index (χ2v) is 5.80. The normalized spacial score (nSPS) is 17.8. The van der Waals surface area contributed by atoms with E-state index in [0.29, 0.717) is 12.2 Å². The van der Waals surface area contributed by atoms with Gasteiger partial charge in [0, 0.05) is 36.7 Å². The molecule has 1 aliphatic heterocycles. The van der Waals surface area contributed by atoms with Crippen LogP contribution in [-0.2, 0) is 0 Å². The van der Waals surface area contributed by atoms with Crippen LogP contribution in [0.4, 0.5) is 5.95 Å². The van der Waals surface area contributed by atoms with Gasteiger partial charge in [0.15, 0.2) is 0 Å². The molecular formula is C16H20N6O. The molecule has 1 fully saturated rings. The molecule has 7 nitrogen and oxygen atoms in total. The molecule has 0 bridgehead atoms. The molecule has 0 spiro atoms. The number of nitrogens with one attached hydrogen (secondary N) is 1. The van der Waals surface area contributed by atoms with Gasteiger partial charge in [-0.25, -0.2) is 19.9 Å². The van der Waals surface area contributed by atoms with Gasteiger partial charge in [-0.05, 0) is 38.8 Å². The highest BCUT2D eigenvalue weighted by Gasteiger charge is 2.24. The standard InChI is InChI=1S/C16H20N6O/c1-11-8-12(2)20-16(19-11)22-7-3-4-13(9-22)21-15(23)14-5-6-17-10-18-14/h5-6,8,10,13H,3-4,7,9H2,1-2H3,(H,21,23). The molecular weight excluding hydrogens is 292 g/mol. The number of hydrogen-bond donors (Lipinski definition) is 1. The number of hydrogen-bond acceptors (Lipinski definition) is 6. The monoisotopic (exact) mass is 312 g/mol. The van der Waals surface area contributed by atoms with Gasteiger partial charge in [0.25, 0.3) is 5.91 Å². The highest BCUT2D eigenvalue weighted by Crippen LogP contribution is 2.17. The summed E-state index contributed by atoms with van der Waals surface area (Å²) in [5.74, 6) is 0.573. The molecule has 3 heterocycles. The maximum atomic E-state index is 12.2. The van der Waals surface area contributed by atoms with Gasteiger partial charge in [0.1, 0.15) is 12.0 Å². The first-order valence-electron chi connectivity index (χ1n) is 7.76. The Bertz CT molecular complexity index is 670. The summed E-state index contributed by atoms with van der Waals surface area (Å²) in [5.41, 5.74) is 2.30. The Morgan fingerprint density at radius 3 is 2.78 bits per heavy atom. The van der Waals surface area contributed by atoms with Crippen LogP contribution in [0, 0.1) is 13.8 Å². The van der Waals surface area contributed by atoms with E-state index >= 15 is 0 Å². The zero-order valence-corrected chi connectivity index (χ0v) is 13.4. The lowest BCUT2D eigenvalue weighted by molar-refractivity contribution is 0.0927. The average molecular weight is 312 g/mol. The molecule has 1 amide bonds. The molecule has 0 aromatic carbocycles. The second-order valence-electron chi connectivity index (χ2n) is 5.80. The summed E-state index contributed by atoms with van der Waals surface area (Å²) in [7, 11) is 0. The van der Waals surface area contributed by atoms with Crippen LogP contribution in [0.5, 0.6) is 0 Å². The Hall–Kier alpha value is -2.57. The van der Waals surface area contributed by atoms with Crippen molar-refractivity contribution in [3.63, 3.8) is 0 Å². The van der Waals surface area contributed by atoms with E-state index in [4.69, 9.17) is 0 Å². The maximum Gasteiger partial charge on any atom is 0.270 e. The lowest BCUT2D eigenvalue weighted by Gasteiger charge is -2.33. The van der Waals surface area contributed by atoms with Crippen LogP contribution in [0.1, 0.15) is 34.7 Å². The molecule has 120 valence electrons. The van der Waals surface area contributed by atoms with Crippen LogP contribution in [0.2, 0.25) is 0 Å². The zero-order chi connectivity index (χ0) is 16.2. The fraction of sp³-hybridized carbons (Fsp3) is 0.438. The number of nitrogens with zero attached hydrogens (tertiary/aromatic N) is 5. The van der Waals surface area contributed by atoms with Gasteiger partial charge in [0.2, 0.25) is 5.95 Å². The number of rotatable bonds is 3. The quantitative estimate of drug-likeness (QED) is 0.919. The Kier molecular flexibility index (Phi) is 4.45. The number of carbonyl (C=O) groups excluding carboxylic acids is 1. The molecule has 1 unspecified atom stereocenters. The van der Waals surface area contributed by atoms with Crippen molar-refractivity contribution in [2.45, 2.75) is 32.7 Å². The van der Waals surface area contributed by atoms with E-state index in [-0.39, 0.29) is 11.9 Å². The average Bonchev–Trinajstić information content (AvgIpc) is 2.55. The fourth-order valence-corrected chi connectivity index (χ4v) is 2.81. The third-order valence-electron chi connectivity index (χ3n) is 3.82. The van der Waals surface area contributed by atoms with Crippen LogP contribution >= 0.6 is 0 Å². The van der Waals surface area contributed by atoms with E-state index in [1.807, 2.05) is 19.9 Å².